The highest BCUT2D eigenvalue weighted by atomic mass is 16.1. The molecule has 0 bridgehead atoms. The van der Waals surface area contributed by atoms with E-state index in [1.807, 2.05) is 38.1 Å². The molecule has 2 rings (SSSR count). The zero-order valence-corrected chi connectivity index (χ0v) is 9.03. The summed E-state index contributed by atoms with van der Waals surface area (Å²) >= 11 is 0. The Morgan fingerprint density at radius 2 is 2.00 bits per heavy atom. The lowest BCUT2D eigenvalue weighted by molar-refractivity contribution is 0.663. The van der Waals surface area contributed by atoms with Gasteiger partial charge in [-0.2, -0.15) is 0 Å². The highest BCUT2D eigenvalue weighted by molar-refractivity contribution is 5.77. The molecule has 78 valence electrons. The van der Waals surface area contributed by atoms with E-state index >= 15 is 0 Å². The number of hydrogen-bond acceptors (Lipinski definition) is 2. The number of fused-ring (bicyclic) bond motifs is 1. The second-order valence-corrected chi connectivity index (χ2v) is 3.45. The smallest absolute Gasteiger partial charge is 0.261 e. The van der Waals surface area contributed by atoms with Gasteiger partial charge in [0.05, 0.1) is 10.9 Å². The monoisotopic (exact) mass is 202 g/mol. The minimum atomic E-state index is 0.0694. The van der Waals surface area contributed by atoms with E-state index in [0.717, 1.165) is 17.8 Å². The standard InChI is InChI=1S/C12H14N2O/c1-3-11-13-10-8-6-5-7-9(10)12(15)14(11)4-2/h5-8H,3-4H2,1-2H3. The fourth-order valence-corrected chi connectivity index (χ4v) is 1.81. The van der Waals surface area contributed by atoms with Crippen LogP contribution in [0, 0.1) is 0 Å². The molecule has 0 aliphatic heterocycles. The number of para-hydroxylation sites is 1. The molecule has 15 heavy (non-hydrogen) atoms. The van der Waals surface area contributed by atoms with Crippen LogP contribution in [0.3, 0.4) is 0 Å². The normalized spacial score (nSPS) is 10.8. The third-order valence-corrected chi connectivity index (χ3v) is 2.57. The van der Waals surface area contributed by atoms with Crippen molar-refractivity contribution in [3.63, 3.8) is 0 Å². The lowest BCUT2D eigenvalue weighted by Gasteiger charge is -2.09. The zero-order valence-electron chi connectivity index (χ0n) is 9.03. The van der Waals surface area contributed by atoms with Gasteiger partial charge in [0.25, 0.3) is 5.56 Å². The van der Waals surface area contributed by atoms with Gasteiger partial charge in [-0.1, -0.05) is 19.1 Å². The number of nitrogens with zero attached hydrogens (tertiary/aromatic N) is 2. The van der Waals surface area contributed by atoms with Gasteiger partial charge in [-0.3, -0.25) is 9.36 Å². The fraction of sp³-hybridized carbons (Fsp3) is 0.333. The maximum Gasteiger partial charge on any atom is 0.261 e. The van der Waals surface area contributed by atoms with E-state index in [0.29, 0.717) is 11.9 Å². The molecule has 0 amide bonds. The van der Waals surface area contributed by atoms with Crippen LogP contribution in [0.2, 0.25) is 0 Å². The summed E-state index contributed by atoms with van der Waals surface area (Å²) in [5.74, 6) is 0.862. The Kier molecular flexibility index (Phi) is 2.54. The van der Waals surface area contributed by atoms with Crippen molar-refractivity contribution in [1.82, 2.24) is 9.55 Å². The van der Waals surface area contributed by atoms with Gasteiger partial charge in [0.2, 0.25) is 0 Å². The van der Waals surface area contributed by atoms with Crippen molar-refractivity contribution in [3.8, 4) is 0 Å². The molecule has 3 nitrogen and oxygen atoms in total. The van der Waals surface area contributed by atoms with E-state index in [2.05, 4.69) is 4.98 Å². The van der Waals surface area contributed by atoms with Crippen molar-refractivity contribution in [2.24, 2.45) is 0 Å². The summed E-state index contributed by atoms with van der Waals surface area (Å²) in [5, 5.41) is 0.705. The Morgan fingerprint density at radius 3 is 2.67 bits per heavy atom. The summed E-state index contributed by atoms with van der Waals surface area (Å²) in [7, 11) is 0. The molecular weight excluding hydrogens is 188 g/mol. The molecule has 3 heteroatoms. The molecule has 0 saturated heterocycles. The highest BCUT2D eigenvalue weighted by Crippen LogP contribution is 2.07. The molecule has 0 unspecified atom stereocenters. The Labute approximate surface area is 88.4 Å². The van der Waals surface area contributed by atoms with E-state index in [9.17, 15) is 4.79 Å². The first-order chi connectivity index (χ1) is 7.27. The first-order valence-electron chi connectivity index (χ1n) is 5.26. The van der Waals surface area contributed by atoms with E-state index in [4.69, 9.17) is 0 Å². The minimum absolute atomic E-state index is 0.0694. The largest absolute Gasteiger partial charge is 0.296 e. The van der Waals surface area contributed by atoms with E-state index in [1.165, 1.54) is 0 Å². The third kappa shape index (κ3) is 1.54. The predicted molar refractivity (Wildman–Crippen MR) is 61.1 cm³/mol. The van der Waals surface area contributed by atoms with Crippen LogP contribution in [0.25, 0.3) is 10.9 Å². The average Bonchev–Trinajstić information content (AvgIpc) is 2.29. The van der Waals surface area contributed by atoms with Crippen molar-refractivity contribution < 1.29 is 0 Å². The van der Waals surface area contributed by atoms with Gasteiger partial charge in [-0.15, -0.1) is 0 Å². The Bertz CT molecular complexity index is 543. The SMILES string of the molecule is CCc1nc2ccccc2c(=O)n1CC. The van der Waals surface area contributed by atoms with E-state index in [-0.39, 0.29) is 5.56 Å². The van der Waals surface area contributed by atoms with Gasteiger partial charge in [0.1, 0.15) is 5.82 Å². The second kappa shape index (κ2) is 3.85. The van der Waals surface area contributed by atoms with Crippen LogP contribution >= 0.6 is 0 Å². The van der Waals surface area contributed by atoms with E-state index in [1.54, 1.807) is 4.57 Å². The molecule has 1 heterocycles. The molecule has 2 aromatic rings. The molecule has 0 N–H and O–H groups in total. The van der Waals surface area contributed by atoms with Crippen molar-refractivity contribution in [1.29, 1.82) is 0 Å². The maximum atomic E-state index is 12.1. The minimum Gasteiger partial charge on any atom is -0.296 e. The molecule has 0 atom stereocenters. The molecule has 0 aliphatic rings. The summed E-state index contributed by atoms with van der Waals surface area (Å²) in [5.41, 5.74) is 0.865. The number of rotatable bonds is 2. The second-order valence-electron chi connectivity index (χ2n) is 3.45. The first-order valence-corrected chi connectivity index (χ1v) is 5.26. The molecular formula is C12H14N2O. The van der Waals surface area contributed by atoms with Crippen LogP contribution < -0.4 is 5.56 Å². The average molecular weight is 202 g/mol. The molecule has 0 saturated carbocycles. The quantitative estimate of drug-likeness (QED) is 0.746. The number of aromatic nitrogens is 2. The van der Waals surface area contributed by atoms with Gasteiger partial charge in [-0.25, -0.2) is 4.98 Å². The first kappa shape index (κ1) is 9.90. The van der Waals surface area contributed by atoms with Crippen LogP contribution in [-0.2, 0) is 13.0 Å². The predicted octanol–water partition coefficient (Wildman–Crippen LogP) is 1.98. The van der Waals surface area contributed by atoms with Crippen molar-refractivity contribution in [3.05, 3.63) is 40.4 Å². The van der Waals surface area contributed by atoms with E-state index < -0.39 is 0 Å². The van der Waals surface area contributed by atoms with Crippen LogP contribution in [0.1, 0.15) is 19.7 Å². The Balaban J connectivity index is 2.88. The van der Waals surface area contributed by atoms with Gasteiger partial charge in [0, 0.05) is 13.0 Å². The van der Waals surface area contributed by atoms with Crippen LogP contribution in [0.5, 0.6) is 0 Å². The van der Waals surface area contributed by atoms with Gasteiger partial charge < -0.3 is 0 Å². The Hall–Kier alpha value is -1.64. The maximum absolute atomic E-state index is 12.1. The van der Waals surface area contributed by atoms with Gasteiger partial charge in [-0.05, 0) is 19.1 Å². The van der Waals surface area contributed by atoms with Crippen LogP contribution in [-0.4, -0.2) is 9.55 Å². The summed E-state index contributed by atoms with van der Waals surface area (Å²) in [6.07, 6.45) is 0.786. The summed E-state index contributed by atoms with van der Waals surface area (Å²) in [6.45, 7) is 4.67. The van der Waals surface area contributed by atoms with Crippen LogP contribution in [0.4, 0.5) is 0 Å². The molecule has 0 radical (unpaired) electrons. The number of benzene rings is 1. The topological polar surface area (TPSA) is 34.9 Å². The summed E-state index contributed by atoms with van der Waals surface area (Å²) < 4.78 is 1.74. The summed E-state index contributed by atoms with van der Waals surface area (Å²) in [4.78, 5) is 16.6. The lowest BCUT2D eigenvalue weighted by atomic mass is 10.2. The van der Waals surface area contributed by atoms with Crippen LogP contribution in [0.15, 0.2) is 29.1 Å². The number of aryl methyl sites for hydroxylation is 1. The Morgan fingerprint density at radius 1 is 1.27 bits per heavy atom. The zero-order chi connectivity index (χ0) is 10.8. The molecule has 0 spiro atoms. The summed E-state index contributed by atoms with van der Waals surface area (Å²) in [6, 6.07) is 7.49. The molecule has 0 fully saturated rings. The lowest BCUT2D eigenvalue weighted by Crippen LogP contribution is -2.24. The number of hydrogen-bond donors (Lipinski definition) is 0. The molecule has 0 aliphatic carbocycles. The van der Waals surface area contributed by atoms with Crippen molar-refractivity contribution in [2.75, 3.05) is 0 Å². The fourth-order valence-electron chi connectivity index (χ4n) is 1.81. The van der Waals surface area contributed by atoms with Crippen molar-refractivity contribution >= 4 is 10.9 Å². The highest BCUT2D eigenvalue weighted by Gasteiger charge is 2.06. The van der Waals surface area contributed by atoms with Crippen molar-refractivity contribution in [2.45, 2.75) is 26.8 Å². The third-order valence-electron chi connectivity index (χ3n) is 2.57. The van der Waals surface area contributed by atoms with Gasteiger partial charge in [0.15, 0.2) is 0 Å². The molecule has 1 aromatic heterocycles. The van der Waals surface area contributed by atoms with Gasteiger partial charge >= 0.3 is 0 Å². The molecule has 1 aromatic carbocycles.